The van der Waals surface area contributed by atoms with Crippen LogP contribution in [0.3, 0.4) is 0 Å². The van der Waals surface area contributed by atoms with Crippen molar-refractivity contribution in [2.45, 2.75) is 32.4 Å². The molecule has 2 amide bonds. The first-order valence-electron chi connectivity index (χ1n) is 11.5. The molecule has 0 spiro atoms. The van der Waals surface area contributed by atoms with Gasteiger partial charge in [0.15, 0.2) is 11.6 Å². The molecule has 2 atom stereocenters. The third-order valence-corrected chi connectivity index (χ3v) is 7.28. The van der Waals surface area contributed by atoms with Gasteiger partial charge in [0.25, 0.3) is 5.88 Å². The van der Waals surface area contributed by atoms with Crippen LogP contribution in [0.5, 0.6) is 11.6 Å². The SMILES string of the molecule is CCOc1nccc2c1OC[C@@H](COC)n1c(NS(=O)(=O)CCN3C(=O)N(C)CC[C@H]3C)nnc1-2. The molecule has 14 heteroatoms. The number of amides is 2. The summed E-state index contributed by atoms with van der Waals surface area (Å²) >= 11 is 0. The number of carbonyl (C=O) groups is 1. The lowest BCUT2D eigenvalue weighted by Crippen LogP contribution is -2.53. The zero-order valence-electron chi connectivity index (χ0n) is 20.3. The molecular weight excluding hydrogens is 478 g/mol. The number of hydrogen-bond acceptors (Lipinski definition) is 9. The van der Waals surface area contributed by atoms with Crippen molar-refractivity contribution in [3.63, 3.8) is 0 Å². The lowest BCUT2D eigenvalue weighted by Gasteiger charge is -2.38. The van der Waals surface area contributed by atoms with Gasteiger partial charge in [0.2, 0.25) is 16.0 Å². The Labute approximate surface area is 204 Å². The molecule has 0 aliphatic carbocycles. The highest BCUT2D eigenvalue weighted by Crippen LogP contribution is 2.40. The Morgan fingerprint density at radius 1 is 1.31 bits per heavy atom. The van der Waals surface area contributed by atoms with E-state index < -0.39 is 16.1 Å². The number of anilines is 1. The summed E-state index contributed by atoms with van der Waals surface area (Å²) in [5.74, 6) is 0.910. The van der Waals surface area contributed by atoms with Crippen molar-refractivity contribution in [3.8, 4) is 23.0 Å². The summed E-state index contributed by atoms with van der Waals surface area (Å²) in [6.45, 7) is 5.28. The number of aromatic nitrogens is 4. The number of ether oxygens (including phenoxy) is 3. The molecular formula is C21H31N7O6S. The van der Waals surface area contributed by atoms with Gasteiger partial charge in [-0.1, -0.05) is 0 Å². The molecule has 0 unspecified atom stereocenters. The lowest BCUT2D eigenvalue weighted by atomic mass is 10.1. The Morgan fingerprint density at radius 2 is 2.11 bits per heavy atom. The van der Waals surface area contributed by atoms with E-state index >= 15 is 0 Å². The number of nitrogens with one attached hydrogen (secondary N) is 1. The molecule has 1 fully saturated rings. The van der Waals surface area contributed by atoms with E-state index in [1.165, 1.54) is 0 Å². The van der Waals surface area contributed by atoms with Gasteiger partial charge >= 0.3 is 6.03 Å². The number of hydrogen-bond donors (Lipinski definition) is 1. The molecule has 35 heavy (non-hydrogen) atoms. The summed E-state index contributed by atoms with van der Waals surface area (Å²) < 4.78 is 47.2. The van der Waals surface area contributed by atoms with Gasteiger partial charge in [0.05, 0.1) is 30.6 Å². The van der Waals surface area contributed by atoms with E-state index in [2.05, 4.69) is 19.9 Å². The molecule has 2 aliphatic rings. The second kappa shape index (κ2) is 10.2. The summed E-state index contributed by atoms with van der Waals surface area (Å²) in [5.41, 5.74) is 0.579. The number of methoxy groups -OCH3 is 1. The molecule has 0 radical (unpaired) electrons. The highest BCUT2D eigenvalue weighted by Gasteiger charge is 2.33. The number of rotatable bonds is 9. The Balaban J connectivity index is 1.61. The van der Waals surface area contributed by atoms with E-state index in [1.807, 2.05) is 13.8 Å². The number of pyridine rings is 1. The minimum absolute atomic E-state index is 0.0360. The highest BCUT2D eigenvalue weighted by atomic mass is 32.2. The van der Waals surface area contributed by atoms with Crippen LogP contribution >= 0.6 is 0 Å². The molecule has 2 aromatic rings. The Bertz CT molecular complexity index is 1170. The maximum Gasteiger partial charge on any atom is 0.320 e. The van der Waals surface area contributed by atoms with Crippen LogP contribution in [0.4, 0.5) is 10.7 Å². The summed E-state index contributed by atoms with van der Waals surface area (Å²) in [6, 6.07) is 1.09. The van der Waals surface area contributed by atoms with Crippen molar-refractivity contribution in [3.05, 3.63) is 12.3 Å². The van der Waals surface area contributed by atoms with Crippen LogP contribution in [-0.4, -0.2) is 103 Å². The Morgan fingerprint density at radius 3 is 2.86 bits per heavy atom. The zero-order chi connectivity index (χ0) is 25.2. The smallest absolute Gasteiger partial charge is 0.320 e. The van der Waals surface area contributed by atoms with E-state index in [0.717, 1.165) is 6.42 Å². The molecule has 2 aromatic heterocycles. The third-order valence-electron chi connectivity index (χ3n) is 6.07. The van der Waals surface area contributed by atoms with Crippen LogP contribution in [0.1, 0.15) is 26.3 Å². The van der Waals surface area contributed by atoms with Crippen LogP contribution in [0.25, 0.3) is 11.4 Å². The number of nitrogens with zero attached hydrogens (tertiary/aromatic N) is 6. The van der Waals surface area contributed by atoms with Crippen molar-refractivity contribution in [1.82, 2.24) is 29.5 Å². The summed E-state index contributed by atoms with van der Waals surface area (Å²) in [6.07, 6.45) is 2.35. The standard InChI is InChI=1S/C21H31N7O6S/c1-5-33-19-17-16(6-8-22-19)18-23-24-20(28(18)15(12-32-4)13-34-17)25-35(30,31)11-10-27-14(2)7-9-26(3)21(27)29/h6,8,14-15H,5,7,9-13H2,1-4H3,(H,24,25)/t14-,15-/m1/s1. The maximum absolute atomic E-state index is 13.0. The minimum Gasteiger partial charge on any atom is -0.485 e. The minimum atomic E-state index is -3.85. The molecule has 0 bridgehead atoms. The Hall–Kier alpha value is -3.13. The van der Waals surface area contributed by atoms with Crippen LogP contribution in [0.15, 0.2) is 12.3 Å². The van der Waals surface area contributed by atoms with Gasteiger partial charge < -0.3 is 24.0 Å². The fourth-order valence-corrected chi connectivity index (χ4v) is 5.16. The fraction of sp³-hybridized carbons (Fsp3) is 0.619. The molecule has 0 saturated carbocycles. The molecule has 4 rings (SSSR count). The van der Waals surface area contributed by atoms with E-state index in [4.69, 9.17) is 14.2 Å². The second-order valence-electron chi connectivity index (χ2n) is 8.52. The van der Waals surface area contributed by atoms with Crippen molar-refractivity contribution < 1.29 is 27.4 Å². The number of fused-ring (bicyclic) bond motifs is 3. The van der Waals surface area contributed by atoms with Crippen LogP contribution in [0, 0.1) is 0 Å². The topological polar surface area (TPSA) is 141 Å². The van der Waals surface area contributed by atoms with E-state index in [0.29, 0.717) is 36.2 Å². The van der Waals surface area contributed by atoms with E-state index in [-0.39, 0.29) is 43.5 Å². The molecule has 1 N–H and O–H groups in total. The number of sulfonamides is 1. The quantitative estimate of drug-likeness (QED) is 0.528. The normalized spacial score (nSPS) is 20.1. The Kier molecular flexibility index (Phi) is 7.31. The van der Waals surface area contributed by atoms with Gasteiger partial charge in [-0.15, -0.1) is 10.2 Å². The van der Waals surface area contributed by atoms with Crippen LogP contribution in [-0.2, 0) is 14.8 Å². The predicted octanol–water partition coefficient (Wildman–Crippen LogP) is 1.21. The lowest BCUT2D eigenvalue weighted by molar-refractivity contribution is 0.118. The molecule has 0 aromatic carbocycles. The van der Waals surface area contributed by atoms with Gasteiger partial charge in [-0.25, -0.2) is 18.2 Å². The van der Waals surface area contributed by atoms with Gasteiger partial charge in [0.1, 0.15) is 6.61 Å². The van der Waals surface area contributed by atoms with Crippen LogP contribution < -0.4 is 14.2 Å². The predicted molar refractivity (Wildman–Crippen MR) is 127 cm³/mol. The molecule has 2 aliphatic heterocycles. The van der Waals surface area contributed by atoms with E-state index in [9.17, 15) is 13.2 Å². The summed E-state index contributed by atoms with van der Waals surface area (Å²) in [4.78, 5) is 19.9. The van der Waals surface area contributed by atoms with Gasteiger partial charge in [0, 0.05) is 39.5 Å². The van der Waals surface area contributed by atoms with Crippen molar-refractivity contribution in [2.75, 3.05) is 57.5 Å². The number of carbonyl (C=O) groups excluding carboxylic acids is 1. The van der Waals surface area contributed by atoms with Crippen molar-refractivity contribution >= 4 is 22.0 Å². The maximum atomic E-state index is 13.0. The average molecular weight is 510 g/mol. The first kappa shape index (κ1) is 25.0. The van der Waals surface area contributed by atoms with Gasteiger partial charge in [-0.2, -0.15) is 0 Å². The molecule has 192 valence electrons. The summed E-state index contributed by atoms with van der Waals surface area (Å²) in [7, 11) is -0.592. The zero-order valence-corrected chi connectivity index (χ0v) is 21.1. The van der Waals surface area contributed by atoms with Crippen LogP contribution in [0.2, 0.25) is 0 Å². The third kappa shape index (κ3) is 5.12. The van der Waals surface area contributed by atoms with Gasteiger partial charge in [-0.3, -0.25) is 9.29 Å². The molecule has 13 nitrogen and oxygen atoms in total. The highest BCUT2D eigenvalue weighted by molar-refractivity contribution is 7.92. The van der Waals surface area contributed by atoms with Crippen molar-refractivity contribution in [2.24, 2.45) is 0 Å². The van der Waals surface area contributed by atoms with Gasteiger partial charge in [-0.05, 0) is 26.3 Å². The van der Waals surface area contributed by atoms with E-state index in [1.54, 1.807) is 40.8 Å². The first-order chi connectivity index (χ1) is 16.8. The molecule has 1 saturated heterocycles. The number of urea groups is 1. The molecule has 4 heterocycles. The average Bonchev–Trinajstić information content (AvgIpc) is 3.14. The second-order valence-corrected chi connectivity index (χ2v) is 10.4. The first-order valence-corrected chi connectivity index (χ1v) is 13.1. The fourth-order valence-electron chi connectivity index (χ4n) is 4.21. The monoisotopic (exact) mass is 509 g/mol. The largest absolute Gasteiger partial charge is 0.485 e. The van der Waals surface area contributed by atoms with Crippen molar-refractivity contribution in [1.29, 1.82) is 0 Å². The summed E-state index contributed by atoms with van der Waals surface area (Å²) in [5, 5.41) is 8.39.